The summed E-state index contributed by atoms with van der Waals surface area (Å²) in [5, 5.41) is 0. The molecule has 5 rings (SSSR count). The van der Waals surface area contributed by atoms with Crippen molar-refractivity contribution < 1.29 is 4.39 Å². The summed E-state index contributed by atoms with van der Waals surface area (Å²) in [6, 6.07) is 9.72. The Bertz CT molecular complexity index is 1170. The van der Waals surface area contributed by atoms with Crippen LogP contribution in [0.3, 0.4) is 0 Å². The number of aromatic nitrogens is 3. The van der Waals surface area contributed by atoms with E-state index in [1.165, 1.54) is 11.1 Å². The van der Waals surface area contributed by atoms with Gasteiger partial charge in [-0.2, -0.15) is 0 Å². The lowest BCUT2D eigenvalue weighted by Crippen LogP contribution is -2.33. The lowest BCUT2D eigenvalue weighted by molar-refractivity contribution is 0.353. The lowest BCUT2D eigenvalue weighted by atomic mass is 9.74. The van der Waals surface area contributed by atoms with Crippen LogP contribution >= 0.6 is 0 Å². The first kappa shape index (κ1) is 21.7. The van der Waals surface area contributed by atoms with E-state index in [4.69, 9.17) is 4.98 Å². The largest absolute Gasteiger partial charge is 0.346 e. The zero-order chi connectivity index (χ0) is 22.9. The van der Waals surface area contributed by atoms with Gasteiger partial charge < -0.3 is 4.90 Å². The highest BCUT2D eigenvalue weighted by Crippen LogP contribution is 2.42. The number of pyridine rings is 1. The molecule has 1 aromatic carbocycles. The number of nitrogens with zero attached hydrogens (tertiary/aromatic N) is 4. The first-order chi connectivity index (χ1) is 16.0. The van der Waals surface area contributed by atoms with Gasteiger partial charge in [-0.05, 0) is 93.2 Å². The Hall–Kier alpha value is -3.08. The average molecular weight is 443 g/mol. The van der Waals surface area contributed by atoms with Crippen LogP contribution in [-0.4, -0.2) is 21.5 Å². The molecule has 0 amide bonds. The monoisotopic (exact) mass is 442 g/mol. The molecule has 0 unspecified atom stereocenters. The fourth-order valence-corrected chi connectivity index (χ4v) is 5.53. The van der Waals surface area contributed by atoms with E-state index in [1.807, 2.05) is 32.9 Å². The average Bonchev–Trinajstić information content (AvgIpc) is 2.81. The number of rotatable bonds is 4. The Labute approximate surface area is 195 Å². The normalized spacial score (nSPS) is 20.4. The number of hydrogen-bond acceptors (Lipinski definition) is 4. The molecule has 2 aliphatic rings. The van der Waals surface area contributed by atoms with Gasteiger partial charge >= 0.3 is 0 Å². The van der Waals surface area contributed by atoms with Crippen molar-refractivity contribution in [2.75, 3.05) is 11.4 Å². The second kappa shape index (κ2) is 9.05. The number of anilines is 1. The molecular formula is C28H31FN4. The number of halogens is 1. The molecule has 1 saturated carbocycles. The Morgan fingerprint density at radius 1 is 0.939 bits per heavy atom. The van der Waals surface area contributed by atoms with Crippen molar-refractivity contribution in [2.24, 2.45) is 5.92 Å². The van der Waals surface area contributed by atoms with Crippen LogP contribution in [0.2, 0.25) is 0 Å². The SMILES string of the molecule is Cc1ccc2c(n1)N(Cc1nccnc1C)CC(C1CCC(c3c(C)cccc3F)CC1)=C2. The van der Waals surface area contributed by atoms with Crippen molar-refractivity contribution in [3.8, 4) is 0 Å². The van der Waals surface area contributed by atoms with E-state index in [9.17, 15) is 4.39 Å². The summed E-state index contributed by atoms with van der Waals surface area (Å²) in [7, 11) is 0. The Balaban J connectivity index is 1.38. The van der Waals surface area contributed by atoms with Crippen LogP contribution in [0.5, 0.6) is 0 Å². The smallest absolute Gasteiger partial charge is 0.136 e. The summed E-state index contributed by atoms with van der Waals surface area (Å²) >= 11 is 0. The highest BCUT2D eigenvalue weighted by Gasteiger charge is 2.30. The van der Waals surface area contributed by atoms with Crippen molar-refractivity contribution in [1.29, 1.82) is 0 Å². The molecule has 170 valence electrons. The van der Waals surface area contributed by atoms with Gasteiger partial charge in [-0.1, -0.05) is 18.2 Å². The second-order valence-electron chi connectivity index (χ2n) is 9.55. The molecule has 1 aliphatic heterocycles. The first-order valence-electron chi connectivity index (χ1n) is 11.9. The summed E-state index contributed by atoms with van der Waals surface area (Å²) in [6.07, 6.45) is 10.1. The van der Waals surface area contributed by atoms with E-state index in [0.29, 0.717) is 18.4 Å². The van der Waals surface area contributed by atoms with Gasteiger partial charge in [0.05, 0.1) is 17.9 Å². The maximum atomic E-state index is 14.5. The fraction of sp³-hybridized carbons (Fsp3) is 0.393. The topological polar surface area (TPSA) is 41.9 Å². The minimum absolute atomic E-state index is 0.0452. The van der Waals surface area contributed by atoms with Gasteiger partial charge in [0.2, 0.25) is 0 Å². The fourth-order valence-electron chi connectivity index (χ4n) is 5.53. The minimum atomic E-state index is -0.0452. The maximum Gasteiger partial charge on any atom is 0.136 e. The molecule has 3 aromatic rings. The third-order valence-electron chi connectivity index (χ3n) is 7.31. The molecule has 33 heavy (non-hydrogen) atoms. The van der Waals surface area contributed by atoms with Gasteiger partial charge in [-0.15, -0.1) is 0 Å². The summed E-state index contributed by atoms with van der Waals surface area (Å²) < 4.78 is 14.5. The molecule has 0 atom stereocenters. The molecule has 1 aliphatic carbocycles. The molecule has 5 heteroatoms. The van der Waals surface area contributed by atoms with Gasteiger partial charge in [-0.3, -0.25) is 9.97 Å². The molecule has 1 fully saturated rings. The Morgan fingerprint density at radius 3 is 2.45 bits per heavy atom. The van der Waals surface area contributed by atoms with Crippen LogP contribution < -0.4 is 4.90 Å². The van der Waals surface area contributed by atoms with Gasteiger partial charge in [0.25, 0.3) is 0 Å². The minimum Gasteiger partial charge on any atom is -0.346 e. The van der Waals surface area contributed by atoms with E-state index in [0.717, 1.165) is 66.3 Å². The van der Waals surface area contributed by atoms with Crippen molar-refractivity contribution in [1.82, 2.24) is 15.0 Å². The van der Waals surface area contributed by atoms with E-state index >= 15 is 0 Å². The molecule has 3 heterocycles. The van der Waals surface area contributed by atoms with E-state index in [-0.39, 0.29) is 5.82 Å². The maximum absolute atomic E-state index is 14.5. The Kier molecular flexibility index (Phi) is 5.96. The number of fused-ring (bicyclic) bond motifs is 1. The van der Waals surface area contributed by atoms with Crippen LogP contribution in [0, 0.1) is 32.5 Å². The van der Waals surface area contributed by atoms with Crippen LogP contribution in [0.1, 0.15) is 65.4 Å². The first-order valence-corrected chi connectivity index (χ1v) is 11.9. The predicted molar refractivity (Wildman–Crippen MR) is 131 cm³/mol. The number of hydrogen-bond donors (Lipinski definition) is 0. The highest BCUT2D eigenvalue weighted by atomic mass is 19.1. The van der Waals surface area contributed by atoms with E-state index in [1.54, 1.807) is 18.5 Å². The third kappa shape index (κ3) is 4.41. The highest BCUT2D eigenvalue weighted by molar-refractivity contribution is 5.71. The summed E-state index contributed by atoms with van der Waals surface area (Å²) in [5.74, 6) is 1.82. The molecule has 0 radical (unpaired) electrons. The molecule has 0 saturated heterocycles. The molecular weight excluding hydrogens is 411 g/mol. The summed E-state index contributed by atoms with van der Waals surface area (Å²) in [5.41, 5.74) is 7.62. The lowest BCUT2D eigenvalue weighted by Gasteiger charge is -2.36. The molecule has 0 bridgehead atoms. The van der Waals surface area contributed by atoms with Crippen LogP contribution in [0.15, 0.2) is 48.3 Å². The summed E-state index contributed by atoms with van der Waals surface area (Å²) in [6.45, 7) is 7.64. The van der Waals surface area contributed by atoms with Crippen LogP contribution in [-0.2, 0) is 6.54 Å². The molecule has 4 nitrogen and oxygen atoms in total. The van der Waals surface area contributed by atoms with Gasteiger partial charge in [-0.25, -0.2) is 9.37 Å². The molecule has 0 N–H and O–H groups in total. The summed E-state index contributed by atoms with van der Waals surface area (Å²) in [4.78, 5) is 16.2. The standard InChI is InChI=1S/C28H31FN4/c1-18-5-4-6-25(29)27(18)22-11-9-21(10-12-22)24-15-23-8-7-19(2)32-28(23)33(16-24)17-26-20(3)30-13-14-31-26/h4-8,13-15,21-22H,9-12,16-17H2,1-3H3. The van der Waals surface area contributed by atoms with Crippen LogP contribution in [0.25, 0.3) is 6.08 Å². The van der Waals surface area contributed by atoms with Gasteiger partial charge in [0.15, 0.2) is 0 Å². The number of aryl methyl sites for hydroxylation is 3. The van der Waals surface area contributed by atoms with Crippen molar-refractivity contribution in [3.63, 3.8) is 0 Å². The zero-order valence-corrected chi connectivity index (χ0v) is 19.7. The molecule has 0 spiro atoms. The van der Waals surface area contributed by atoms with Crippen molar-refractivity contribution in [2.45, 2.75) is 58.9 Å². The van der Waals surface area contributed by atoms with Crippen LogP contribution in [0.4, 0.5) is 10.2 Å². The zero-order valence-electron chi connectivity index (χ0n) is 19.7. The van der Waals surface area contributed by atoms with E-state index < -0.39 is 0 Å². The second-order valence-corrected chi connectivity index (χ2v) is 9.55. The quantitative estimate of drug-likeness (QED) is 0.475. The van der Waals surface area contributed by atoms with Crippen molar-refractivity contribution in [3.05, 3.63) is 87.9 Å². The van der Waals surface area contributed by atoms with E-state index in [2.05, 4.69) is 33.1 Å². The molecule has 2 aromatic heterocycles. The Morgan fingerprint density at radius 2 is 1.70 bits per heavy atom. The number of benzene rings is 1. The predicted octanol–water partition coefficient (Wildman–Crippen LogP) is 6.31. The van der Waals surface area contributed by atoms with Gasteiger partial charge in [0, 0.05) is 30.2 Å². The van der Waals surface area contributed by atoms with Crippen molar-refractivity contribution >= 4 is 11.9 Å². The van der Waals surface area contributed by atoms with Gasteiger partial charge in [0.1, 0.15) is 11.6 Å². The third-order valence-corrected chi connectivity index (χ3v) is 7.31.